The number of hydrogen-bond donors (Lipinski definition) is 6. The second-order valence-electron chi connectivity index (χ2n) is 9.97. The first kappa shape index (κ1) is 31.1. The molecule has 1 saturated carbocycles. The third kappa shape index (κ3) is 5.10. The van der Waals surface area contributed by atoms with Gasteiger partial charge in [0.2, 0.25) is 5.95 Å². The number of fused-ring (bicyclic) bond motifs is 3. The molecule has 4 aromatic rings. The average molecular weight is 728 g/mol. The van der Waals surface area contributed by atoms with Gasteiger partial charge in [0.1, 0.15) is 55.0 Å². The van der Waals surface area contributed by atoms with Crippen molar-refractivity contribution in [3.05, 3.63) is 16.7 Å². The highest BCUT2D eigenvalue weighted by Crippen LogP contribution is 2.63. The number of rotatable bonds is 9. The molecule has 240 valence electrons. The lowest BCUT2D eigenvalue weighted by Gasteiger charge is -2.27. The lowest BCUT2D eigenvalue weighted by atomic mass is 10.1. The van der Waals surface area contributed by atoms with E-state index in [-0.39, 0.29) is 34.1 Å². The van der Waals surface area contributed by atoms with Crippen molar-refractivity contribution in [1.29, 1.82) is 0 Å². The van der Waals surface area contributed by atoms with E-state index in [1.807, 2.05) is 0 Å². The summed E-state index contributed by atoms with van der Waals surface area (Å²) in [5, 5.41) is 24.1. The Morgan fingerprint density at radius 3 is 2.67 bits per heavy atom. The maximum absolute atomic E-state index is 15.8. The van der Waals surface area contributed by atoms with Crippen LogP contribution < -0.4 is 17.0 Å². The van der Waals surface area contributed by atoms with Crippen molar-refractivity contribution in [3.63, 3.8) is 0 Å². The highest BCUT2D eigenvalue weighted by atomic mass is 32.7. The number of alkyl halides is 2. The van der Waals surface area contributed by atoms with Crippen LogP contribution in [0.4, 0.5) is 20.5 Å². The van der Waals surface area contributed by atoms with Crippen LogP contribution in [-0.2, 0) is 34.7 Å². The standard InChI is InChI=1S/C18H18F2N12O8P2S3/c19-4-3(1-37-41(35)43)45-16(32-13-6(28-30-32)14(33)26-17(22)25-13)7(4)39-42(36,44)40-10-9-18(10,34)8(20)15(38-9)31-12-5(27-29-31)11(21)23-2-24-12/h2-4,7-10,15-16,34H,1H2,(H6-,21,22,23,24,25,26,29,30,33,35,36,43,44)/p+1/t3-,4-,7-,8-,9-,10?,15-,16-,18+,42?/m1/s1. The molecule has 2 aliphatic heterocycles. The smallest absolute Gasteiger partial charge is 0.382 e. The second kappa shape index (κ2) is 11.0. The van der Waals surface area contributed by atoms with Gasteiger partial charge in [-0.25, -0.2) is 23.4 Å². The molecular formula is C18H19F2N12O8P2S3+. The van der Waals surface area contributed by atoms with Crippen LogP contribution in [0.25, 0.3) is 22.3 Å². The molecule has 0 spiro atoms. The molecule has 6 heterocycles. The van der Waals surface area contributed by atoms with Gasteiger partial charge in [-0.3, -0.25) is 18.8 Å². The van der Waals surface area contributed by atoms with E-state index >= 15 is 8.78 Å². The van der Waals surface area contributed by atoms with Crippen LogP contribution in [0.5, 0.6) is 0 Å². The normalized spacial score (nSPS) is 34.3. The number of nitrogens with zero attached hydrogens (tertiary/aromatic N) is 9. The fraction of sp³-hybridized carbons (Fsp3) is 0.556. The molecule has 0 amide bonds. The van der Waals surface area contributed by atoms with Crippen LogP contribution >= 0.6 is 38.0 Å². The first-order valence-corrected chi connectivity index (χ1v) is 18.4. The number of thiol groups is 1. The van der Waals surface area contributed by atoms with Crippen LogP contribution in [0.2, 0.25) is 0 Å². The molecular weight excluding hydrogens is 708 g/mol. The molecule has 3 aliphatic rings. The van der Waals surface area contributed by atoms with Crippen molar-refractivity contribution in [1.82, 2.24) is 49.9 Å². The number of aromatic amines is 1. The summed E-state index contributed by atoms with van der Waals surface area (Å²) >= 11 is 9.66. The molecule has 0 aromatic carbocycles. The lowest BCUT2D eigenvalue weighted by Crippen LogP contribution is -2.35. The van der Waals surface area contributed by atoms with Crippen molar-refractivity contribution in [3.8, 4) is 0 Å². The Kier molecular flexibility index (Phi) is 7.60. The molecule has 2 saturated heterocycles. The Morgan fingerprint density at radius 2 is 1.96 bits per heavy atom. The van der Waals surface area contributed by atoms with Gasteiger partial charge in [0, 0.05) is 0 Å². The third-order valence-corrected chi connectivity index (χ3v) is 11.0. The van der Waals surface area contributed by atoms with Crippen LogP contribution in [0.1, 0.15) is 11.6 Å². The molecule has 0 radical (unpaired) electrons. The number of halogens is 2. The van der Waals surface area contributed by atoms with E-state index in [4.69, 9.17) is 41.6 Å². The zero-order valence-electron chi connectivity index (χ0n) is 21.8. The Bertz CT molecular complexity index is 1960. The topological polar surface area (TPSA) is 279 Å². The Labute approximate surface area is 262 Å². The monoisotopic (exact) mass is 727 g/mol. The first-order chi connectivity index (χ1) is 21.3. The Hall–Kier alpha value is -2.57. The van der Waals surface area contributed by atoms with E-state index in [0.717, 1.165) is 27.5 Å². The van der Waals surface area contributed by atoms with E-state index in [0.29, 0.717) is 0 Å². The molecule has 3 fully saturated rings. The molecule has 3 unspecified atom stereocenters. The summed E-state index contributed by atoms with van der Waals surface area (Å²) in [4.78, 5) is 37.3. The number of ether oxygens (including phenoxy) is 1. The SMILES string of the molecule is Nc1nc2c(nnn2[C@@H]2S[C@H](CO[P+](=O)S)[C@@H](F)[C@H]2OP(O)(=S)OC2[C@H]3O[C@@H](n4nnc5c(N)ncnc54)[C@@H](F)[C@@]23O)c(=O)[nH]1. The molecule has 1 aliphatic carbocycles. The molecule has 45 heavy (non-hydrogen) atoms. The van der Waals surface area contributed by atoms with Gasteiger partial charge in [-0.05, 0) is 16.4 Å². The number of aliphatic hydroxyl groups is 1. The van der Waals surface area contributed by atoms with Crippen molar-refractivity contribution < 1.29 is 41.7 Å². The van der Waals surface area contributed by atoms with Crippen LogP contribution in [-0.4, -0.2) is 108 Å². The number of H-pyrrole nitrogens is 1. The fourth-order valence-electron chi connectivity index (χ4n) is 5.17. The van der Waals surface area contributed by atoms with Gasteiger partial charge >= 0.3 is 13.9 Å². The minimum atomic E-state index is -4.49. The maximum Gasteiger partial charge on any atom is 0.582 e. The number of nitrogen functional groups attached to an aromatic ring is 2. The van der Waals surface area contributed by atoms with Gasteiger partial charge in [0.15, 0.2) is 46.1 Å². The molecule has 7 N–H and O–H groups in total. The minimum Gasteiger partial charge on any atom is -0.382 e. The second-order valence-corrected chi connectivity index (χ2v) is 15.8. The van der Waals surface area contributed by atoms with Crippen molar-refractivity contribution in [2.45, 2.75) is 53.1 Å². The fourth-order valence-corrected chi connectivity index (χ4v) is 9.00. The van der Waals surface area contributed by atoms with Gasteiger partial charge in [0.25, 0.3) is 5.56 Å². The molecule has 20 nitrogen and oxygen atoms in total. The zero-order chi connectivity index (χ0) is 32.0. The minimum absolute atomic E-state index is 0.00409. The number of nitrogens with one attached hydrogen (secondary N) is 1. The van der Waals surface area contributed by atoms with Gasteiger partial charge in [0.05, 0.1) is 5.25 Å². The summed E-state index contributed by atoms with van der Waals surface area (Å²) in [6.07, 6.45) is -9.02. The van der Waals surface area contributed by atoms with E-state index in [2.05, 4.69) is 52.8 Å². The van der Waals surface area contributed by atoms with Gasteiger partial charge in [-0.1, -0.05) is 10.4 Å². The molecule has 7 rings (SSSR count). The number of hydrogen-bond acceptors (Lipinski definition) is 18. The number of anilines is 2. The largest absolute Gasteiger partial charge is 0.582 e. The third-order valence-electron chi connectivity index (χ3n) is 7.30. The summed E-state index contributed by atoms with van der Waals surface area (Å²) < 4.78 is 66.5. The van der Waals surface area contributed by atoms with Crippen molar-refractivity contribution in [2.75, 3.05) is 18.1 Å². The number of thioether (sulfide) groups is 1. The zero-order valence-corrected chi connectivity index (χ0v) is 26.2. The quantitative estimate of drug-likeness (QED) is 0.0930. The average Bonchev–Trinajstić information content (AvgIpc) is 3.49. The van der Waals surface area contributed by atoms with E-state index in [1.54, 1.807) is 0 Å². The van der Waals surface area contributed by atoms with E-state index < -0.39 is 79.2 Å². The van der Waals surface area contributed by atoms with Crippen LogP contribution in [0.3, 0.4) is 0 Å². The summed E-state index contributed by atoms with van der Waals surface area (Å²) in [6, 6.07) is 0. The lowest BCUT2D eigenvalue weighted by molar-refractivity contribution is -0.0663. The van der Waals surface area contributed by atoms with E-state index in [9.17, 15) is 19.4 Å². The van der Waals surface area contributed by atoms with Crippen LogP contribution in [0.15, 0.2) is 11.1 Å². The van der Waals surface area contributed by atoms with Crippen molar-refractivity contribution in [2.24, 2.45) is 0 Å². The Morgan fingerprint density at radius 1 is 1.22 bits per heavy atom. The first-order valence-electron chi connectivity index (χ1n) is 12.5. The highest BCUT2D eigenvalue weighted by molar-refractivity contribution is 8.39. The van der Waals surface area contributed by atoms with Crippen molar-refractivity contribution >= 4 is 83.9 Å². The Balaban J connectivity index is 1.12. The summed E-state index contributed by atoms with van der Waals surface area (Å²) in [5.74, 6) is -0.283. The molecule has 11 atom stereocenters. The highest BCUT2D eigenvalue weighted by Gasteiger charge is 2.80. The summed E-state index contributed by atoms with van der Waals surface area (Å²) in [5.41, 5.74) is 8.17. The maximum atomic E-state index is 15.8. The van der Waals surface area contributed by atoms with Crippen LogP contribution in [0, 0.1) is 0 Å². The molecule has 27 heteroatoms. The molecule has 4 aromatic heterocycles. The van der Waals surface area contributed by atoms with E-state index in [1.165, 1.54) is 0 Å². The van der Waals surface area contributed by atoms with Gasteiger partial charge in [-0.15, -0.1) is 26.5 Å². The predicted octanol–water partition coefficient (Wildman–Crippen LogP) is -0.563. The summed E-state index contributed by atoms with van der Waals surface area (Å²) in [6.45, 7) is -4.90. The number of nitrogens with two attached hydrogens (primary N) is 2. The predicted molar refractivity (Wildman–Crippen MR) is 156 cm³/mol. The number of aromatic nitrogens is 10. The summed E-state index contributed by atoms with van der Waals surface area (Å²) in [7, 11) is -2.40. The van der Waals surface area contributed by atoms with Gasteiger partial charge < -0.3 is 26.2 Å². The van der Waals surface area contributed by atoms with Gasteiger partial charge in [-0.2, -0.15) is 9.67 Å². The molecule has 0 bridgehead atoms.